The number of aromatic nitrogens is 1. The van der Waals surface area contributed by atoms with Gasteiger partial charge in [0.1, 0.15) is 10.8 Å². The van der Waals surface area contributed by atoms with Crippen LogP contribution in [0.2, 0.25) is 0 Å². The van der Waals surface area contributed by atoms with E-state index in [9.17, 15) is 13.2 Å². The van der Waals surface area contributed by atoms with Crippen LogP contribution in [0, 0.1) is 6.92 Å². The molecular formula is C11H9F3N2S. The third-order valence-corrected chi connectivity index (χ3v) is 3.30. The second-order valence-electron chi connectivity index (χ2n) is 3.54. The first-order chi connectivity index (χ1) is 7.88. The van der Waals surface area contributed by atoms with Crippen LogP contribution in [0.5, 0.6) is 0 Å². The molecule has 0 atom stereocenters. The molecule has 2 rings (SSSR count). The smallest absolute Gasteiger partial charge is 0.383 e. The van der Waals surface area contributed by atoms with E-state index >= 15 is 0 Å². The molecule has 0 spiro atoms. The number of aryl methyl sites for hydroxylation is 1. The molecule has 0 aliphatic rings. The quantitative estimate of drug-likeness (QED) is 0.846. The number of rotatable bonds is 1. The summed E-state index contributed by atoms with van der Waals surface area (Å²) in [6.07, 6.45) is -4.34. The van der Waals surface area contributed by atoms with Crippen molar-refractivity contribution < 1.29 is 13.2 Å². The number of nitrogens with two attached hydrogens (primary N) is 1. The normalized spacial score (nSPS) is 11.8. The maximum atomic E-state index is 12.5. The van der Waals surface area contributed by atoms with Gasteiger partial charge >= 0.3 is 6.18 Å². The molecule has 0 amide bonds. The molecule has 0 aliphatic carbocycles. The van der Waals surface area contributed by atoms with Crippen LogP contribution in [0.1, 0.15) is 10.4 Å². The lowest BCUT2D eigenvalue weighted by atomic mass is 10.1. The molecule has 2 nitrogen and oxygen atoms in total. The van der Waals surface area contributed by atoms with E-state index in [4.69, 9.17) is 5.73 Å². The summed E-state index contributed by atoms with van der Waals surface area (Å²) in [6.45, 7) is 1.78. The molecule has 90 valence electrons. The number of thiazole rings is 1. The van der Waals surface area contributed by atoms with Gasteiger partial charge in [-0.15, -0.1) is 11.3 Å². The summed E-state index contributed by atoms with van der Waals surface area (Å²) in [5.41, 5.74) is 5.33. The number of benzene rings is 1. The first-order valence-corrected chi connectivity index (χ1v) is 5.60. The monoisotopic (exact) mass is 258 g/mol. The molecule has 0 radical (unpaired) electrons. The summed E-state index contributed by atoms with van der Waals surface area (Å²) >= 11 is 1.28. The van der Waals surface area contributed by atoms with Crippen LogP contribution in [0.25, 0.3) is 10.6 Å². The van der Waals surface area contributed by atoms with E-state index in [1.165, 1.54) is 17.4 Å². The number of alkyl halides is 3. The highest BCUT2D eigenvalue weighted by Crippen LogP contribution is 2.34. The fourth-order valence-corrected chi connectivity index (χ4v) is 2.19. The van der Waals surface area contributed by atoms with Gasteiger partial charge in [0, 0.05) is 10.4 Å². The van der Waals surface area contributed by atoms with Gasteiger partial charge in [-0.2, -0.15) is 13.2 Å². The zero-order valence-electron chi connectivity index (χ0n) is 8.88. The summed E-state index contributed by atoms with van der Waals surface area (Å²) in [5.74, 6) is 0.363. The summed E-state index contributed by atoms with van der Waals surface area (Å²) < 4.78 is 37.6. The van der Waals surface area contributed by atoms with Gasteiger partial charge in [0.15, 0.2) is 0 Å². The molecule has 0 saturated carbocycles. The summed E-state index contributed by atoms with van der Waals surface area (Å²) in [4.78, 5) is 4.84. The lowest BCUT2D eigenvalue weighted by Crippen LogP contribution is -2.04. The van der Waals surface area contributed by atoms with Crippen molar-refractivity contribution in [1.29, 1.82) is 0 Å². The number of nitrogens with zero attached hydrogens (tertiary/aromatic N) is 1. The Morgan fingerprint density at radius 1 is 1.29 bits per heavy atom. The van der Waals surface area contributed by atoms with Gasteiger partial charge in [0.05, 0.1) is 5.56 Å². The van der Waals surface area contributed by atoms with Crippen molar-refractivity contribution in [3.8, 4) is 10.6 Å². The predicted octanol–water partition coefficient (Wildman–Crippen LogP) is 3.72. The van der Waals surface area contributed by atoms with Crippen LogP contribution in [0.15, 0.2) is 24.3 Å². The van der Waals surface area contributed by atoms with E-state index in [2.05, 4.69) is 4.98 Å². The van der Waals surface area contributed by atoms with Crippen molar-refractivity contribution in [3.63, 3.8) is 0 Å². The van der Waals surface area contributed by atoms with Gasteiger partial charge in [0.2, 0.25) is 0 Å². The fraction of sp³-hybridized carbons (Fsp3) is 0.182. The van der Waals surface area contributed by atoms with Crippen LogP contribution in [0.3, 0.4) is 0 Å². The van der Waals surface area contributed by atoms with Crippen LogP contribution in [-0.2, 0) is 6.18 Å². The zero-order valence-corrected chi connectivity index (χ0v) is 9.69. The molecule has 0 saturated heterocycles. The minimum atomic E-state index is -4.34. The Labute approximate surface area is 99.9 Å². The van der Waals surface area contributed by atoms with E-state index in [0.29, 0.717) is 16.4 Å². The van der Waals surface area contributed by atoms with Gasteiger partial charge in [-0.3, -0.25) is 0 Å². The minimum absolute atomic E-state index is 0.363. The highest BCUT2D eigenvalue weighted by atomic mass is 32.1. The lowest BCUT2D eigenvalue weighted by Gasteiger charge is -2.07. The Morgan fingerprint density at radius 2 is 2.00 bits per heavy atom. The molecule has 2 N–H and O–H groups in total. The molecule has 2 aromatic rings. The number of halogens is 3. The van der Waals surface area contributed by atoms with Crippen molar-refractivity contribution in [1.82, 2.24) is 4.98 Å². The first kappa shape index (κ1) is 11.9. The van der Waals surface area contributed by atoms with Crippen LogP contribution < -0.4 is 5.73 Å². The average molecular weight is 258 g/mol. The largest absolute Gasteiger partial charge is 0.416 e. The molecule has 17 heavy (non-hydrogen) atoms. The Morgan fingerprint density at radius 3 is 2.53 bits per heavy atom. The minimum Gasteiger partial charge on any atom is -0.383 e. The van der Waals surface area contributed by atoms with Crippen molar-refractivity contribution >= 4 is 17.2 Å². The Kier molecular flexibility index (Phi) is 2.82. The molecule has 1 aromatic carbocycles. The number of hydrogen-bond acceptors (Lipinski definition) is 3. The average Bonchev–Trinajstić information content (AvgIpc) is 2.58. The molecule has 0 unspecified atom stereocenters. The van der Waals surface area contributed by atoms with Crippen molar-refractivity contribution in [2.75, 3.05) is 5.73 Å². The third kappa shape index (κ3) is 2.41. The lowest BCUT2D eigenvalue weighted by molar-refractivity contribution is -0.137. The van der Waals surface area contributed by atoms with E-state index in [1.54, 1.807) is 13.0 Å². The topological polar surface area (TPSA) is 38.9 Å². The molecule has 6 heteroatoms. The highest BCUT2D eigenvalue weighted by Gasteiger charge is 2.30. The highest BCUT2D eigenvalue weighted by molar-refractivity contribution is 7.15. The standard InChI is InChI=1S/C11H9F3N2S/c1-6-9(15)16-10(17-6)7-3-2-4-8(5-7)11(12,13)14/h2-5H,15H2,1H3. The van der Waals surface area contributed by atoms with Crippen LogP contribution >= 0.6 is 11.3 Å². The second-order valence-corrected chi connectivity index (χ2v) is 4.74. The Balaban J connectivity index is 2.47. The van der Waals surface area contributed by atoms with Crippen molar-refractivity contribution in [3.05, 3.63) is 34.7 Å². The van der Waals surface area contributed by atoms with Gasteiger partial charge in [-0.05, 0) is 19.1 Å². The maximum absolute atomic E-state index is 12.5. The fourth-order valence-electron chi connectivity index (χ4n) is 1.36. The molecule has 0 fully saturated rings. The number of nitrogen functional groups attached to an aromatic ring is 1. The Bertz CT molecular complexity index is 526. The van der Waals surface area contributed by atoms with Crippen molar-refractivity contribution in [2.24, 2.45) is 0 Å². The van der Waals surface area contributed by atoms with Crippen LogP contribution in [0.4, 0.5) is 19.0 Å². The molecule has 1 heterocycles. The summed E-state index contributed by atoms with van der Waals surface area (Å²) in [5, 5.41) is 0.506. The van der Waals surface area contributed by atoms with E-state index in [0.717, 1.165) is 17.0 Å². The molecule has 0 aliphatic heterocycles. The number of hydrogen-bond donors (Lipinski definition) is 1. The van der Waals surface area contributed by atoms with E-state index in [-0.39, 0.29) is 0 Å². The third-order valence-electron chi connectivity index (χ3n) is 2.27. The van der Waals surface area contributed by atoms with Crippen molar-refractivity contribution in [2.45, 2.75) is 13.1 Å². The van der Waals surface area contributed by atoms with E-state index in [1.807, 2.05) is 0 Å². The maximum Gasteiger partial charge on any atom is 0.416 e. The van der Waals surface area contributed by atoms with Gasteiger partial charge < -0.3 is 5.73 Å². The summed E-state index contributed by atoms with van der Waals surface area (Å²) in [7, 11) is 0. The zero-order chi connectivity index (χ0) is 12.6. The number of anilines is 1. The van der Waals surface area contributed by atoms with Gasteiger partial charge in [-0.1, -0.05) is 12.1 Å². The SMILES string of the molecule is Cc1sc(-c2cccc(C(F)(F)F)c2)nc1N. The van der Waals surface area contributed by atoms with E-state index < -0.39 is 11.7 Å². The van der Waals surface area contributed by atoms with Gasteiger partial charge in [-0.25, -0.2) is 4.98 Å². The molecular weight excluding hydrogens is 249 g/mol. The predicted molar refractivity (Wildman–Crippen MR) is 61.7 cm³/mol. The van der Waals surface area contributed by atoms with Gasteiger partial charge in [0.25, 0.3) is 0 Å². The summed E-state index contributed by atoms with van der Waals surface area (Å²) in [6, 6.07) is 5.07. The Hall–Kier alpha value is -1.56. The molecule has 0 bridgehead atoms. The first-order valence-electron chi connectivity index (χ1n) is 4.78. The van der Waals surface area contributed by atoms with Crippen LogP contribution in [-0.4, -0.2) is 4.98 Å². The second kappa shape index (κ2) is 4.03. The molecule has 1 aromatic heterocycles.